The maximum absolute atomic E-state index is 5.69. The first kappa shape index (κ1) is 11.3. The number of fused-ring (bicyclic) bond motifs is 1. The minimum absolute atomic E-state index is 0.509. The first-order valence-electron chi connectivity index (χ1n) is 6.42. The van der Waals surface area contributed by atoms with Gasteiger partial charge in [-0.25, -0.2) is 4.98 Å². The Morgan fingerprint density at radius 3 is 2.83 bits per heavy atom. The summed E-state index contributed by atoms with van der Waals surface area (Å²) in [4.78, 5) is 6.85. The number of oxazole rings is 1. The van der Waals surface area contributed by atoms with Gasteiger partial charge in [0, 0.05) is 11.7 Å². The molecular formula is C15H18N2O. The lowest BCUT2D eigenvalue weighted by Crippen LogP contribution is -2.28. The van der Waals surface area contributed by atoms with Crippen LogP contribution in [0.2, 0.25) is 0 Å². The highest BCUT2D eigenvalue weighted by Crippen LogP contribution is 2.32. The molecular weight excluding hydrogens is 224 g/mol. The van der Waals surface area contributed by atoms with Crippen molar-refractivity contribution >= 4 is 5.69 Å². The van der Waals surface area contributed by atoms with E-state index in [1.165, 1.54) is 11.3 Å². The van der Waals surface area contributed by atoms with Gasteiger partial charge >= 0.3 is 0 Å². The number of nitrogens with zero attached hydrogens (tertiary/aromatic N) is 2. The summed E-state index contributed by atoms with van der Waals surface area (Å²) in [5.41, 5.74) is 3.73. The van der Waals surface area contributed by atoms with Gasteiger partial charge in [0.15, 0.2) is 0 Å². The van der Waals surface area contributed by atoms with Gasteiger partial charge in [0.05, 0.1) is 12.2 Å². The van der Waals surface area contributed by atoms with Crippen molar-refractivity contribution < 1.29 is 4.42 Å². The van der Waals surface area contributed by atoms with Crippen LogP contribution in [-0.4, -0.2) is 11.0 Å². The second kappa shape index (κ2) is 4.16. The van der Waals surface area contributed by atoms with Crippen LogP contribution >= 0.6 is 0 Å². The van der Waals surface area contributed by atoms with E-state index in [2.05, 4.69) is 41.1 Å². The van der Waals surface area contributed by atoms with Crippen LogP contribution in [0, 0.1) is 13.8 Å². The maximum atomic E-state index is 5.69. The van der Waals surface area contributed by atoms with E-state index in [0.717, 1.165) is 30.3 Å². The monoisotopic (exact) mass is 242 g/mol. The molecule has 18 heavy (non-hydrogen) atoms. The van der Waals surface area contributed by atoms with Crippen LogP contribution in [0.3, 0.4) is 0 Å². The van der Waals surface area contributed by atoms with Crippen LogP contribution in [0.5, 0.6) is 0 Å². The minimum Gasteiger partial charge on any atom is -0.444 e. The van der Waals surface area contributed by atoms with Gasteiger partial charge in [-0.15, -0.1) is 0 Å². The number of aromatic nitrogens is 1. The van der Waals surface area contributed by atoms with E-state index in [4.69, 9.17) is 4.42 Å². The molecule has 1 aliphatic heterocycles. The van der Waals surface area contributed by atoms with Gasteiger partial charge in [0.25, 0.3) is 0 Å². The summed E-state index contributed by atoms with van der Waals surface area (Å²) in [5, 5.41) is 0. The lowest BCUT2D eigenvalue weighted by molar-refractivity contribution is 0.458. The smallest absolute Gasteiger partial charge is 0.214 e. The highest BCUT2D eigenvalue weighted by molar-refractivity contribution is 5.59. The fourth-order valence-electron chi connectivity index (χ4n) is 2.62. The van der Waals surface area contributed by atoms with Crippen molar-refractivity contribution in [1.29, 1.82) is 0 Å². The van der Waals surface area contributed by atoms with Crippen molar-refractivity contribution in [3.05, 3.63) is 47.2 Å². The fourth-order valence-corrected chi connectivity index (χ4v) is 2.62. The summed E-state index contributed by atoms with van der Waals surface area (Å²) in [7, 11) is 0. The van der Waals surface area contributed by atoms with Crippen LogP contribution < -0.4 is 4.90 Å². The molecule has 1 aromatic heterocycles. The standard InChI is InChI=1S/C15H18N2O/c1-10-8-13-6-4-5-7-14(13)17(10)9-15-16-11(2)12(3)18-15/h4-7,10H,8-9H2,1-3H3/t10-/m0/s1. The van der Waals surface area contributed by atoms with E-state index in [1.807, 2.05) is 13.8 Å². The third-order valence-corrected chi connectivity index (χ3v) is 3.73. The van der Waals surface area contributed by atoms with Crippen LogP contribution in [0.15, 0.2) is 28.7 Å². The molecule has 0 amide bonds. The summed E-state index contributed by atoms with van der Waals surface area (Å²) in [5.74, 6) is 1.73. The Morgan fingerprint density at radius 2 is 2.11 bits per heavy atom. The predicted molar refractivity (Wildman–Crippen MR) is 71.8 cm³/mol. The molecule has 1 aromatic carbocycles. The molecule has 94 valence electrons. The number of anilines is 1. The zero-order valence-electron chi connectivity index (χ0n) is 11.1. The fraction of sp³-hybridized carbons (Fsp3) is 0.400. The minimum atomic E-state index is 0.509. The van der Waals surface area contributed by atoms with Crippen molar-refractivity contribution in [2.45, 2.75) is 39.8 Å². The summed E-state index contributed by atoms with van der Waals surface area (Å²) in [6.45, 7) is 6.96. The van der Waals surface area contributed by atoms with E-state index < -0.39 is 0 Å². The van der Waals surface area contributed by atoms with Crippen molar-refractivity contribution in [2.24, 2.45) is 0 Å². The summed E-state index contributed by atoms with van der Waals surface area (Å²) in [6, 6.07) is 9.10. The average molecular weight is 242 g/mol. The number of benzene rings is 1. The first-order valence-corrected chi connectivity index (χ1v) is 6.42. The molecule has 0 bridgehead atoms. The third kappa shape index (κ3) is 1.80. The quantitative estimate of drug-likeness (QED) is 0.809. The lowest BCUT2D eigenvalue weighted by Gasteiger charge is -2.23. The summed E-state index contributed by atoms with van der Waals surface area (Å²) < 4.78 is 5.69. The molecule has 3 rings (SSSR count). The molecule has 3 heteroatoms. The van der Waals surface area contributed by atoms with Crippen LogP contribution in [0.1, 0.15) is 29.8 Å². The van der Waals surface area contributed by atoms with E-state index in [-0.39, 0.29) is 0 Å². The molecule has 1 atom stereocenters. The largest absolute Gasteiger partial charge is 0.444 e. The Bertz CT molecular complexity index is 554. The molecule has 0 radical (unpaired) electrons. The third-order valence-electron chi connectivity index (χ3n) is 3.73. The molecule has 0 saturated carbocycles. The van der Waals surface area contributed by atoms with Crippen molar-refractivity contribution in [2.75, 3.05) is 4.90 Å². The Morgan fingerprint density at radius 1 is 1.33 bits per heavy atom. The maximum Gasteiger partial charge on any atom is 0.214 e. The summed E-state index contributed by atoms with van der Waals surface area (Å²) >= 11 is 0. The Kier molecular flexibility index (Phi) is 2.62. The Balaban J connectivity index is 1.89. The summed E-state index contributed by atoms with van der Waals surface area (Å²) in [6.07, 6.45) is 1.11. The van der Waals surface area contributed by atoms with Gasteiger partial charge in [-0.2, -0.15) is 0 Å². The normalized spacial score (nSPS) is 18.2. The zero-order valence-corrected chi connectivity index (χ0v) is 11.1. The second-order valence-electron chi connectivity index (χ2n) is 5.06. The number of aryl methyl sites for hydroxylation is 2. The van der Waals surface area contributed by atoms with Gasteiger partial charge in [0.2, 0.25) is 5.89 Å². The average Bonchev–Trinajstić information content (AvgIpc) is 2.82. The number of hydrogen-bond donors (Lipinski definition) is 0. The number of rotatable bonds is 2. The van der Waals surface area contributed by atoms with Gasteiger partial charge in [-0.3, -0.25) is 0 Å². The topological polar surface area (TPSA) is 29.3 Å². The second-order valence-corrected chi connectivity index (χ2v) is 5.06. The first-order chi connectivity index (χ1) is 8.65. The van der Waals surface area contributed by atoms with Gasteiger partial charge in [-0.1, -0.05) is 18.2 Å². The van der Waals surface area contributed by atoms with E-state index in [9.17, 15) is 0 Å². The molecule has 1 aliphatic rings. The van der Waals surface area contributed by atoms with Crippen molar-refractivity contribution in [1.82, 2.24) is 4.98 Å². The van der Waals surface area contributed by atoms with Crippen LogP contribution in [0.4, 0.5) is 5.69 Å². The van der Waals surface area contributed by atoms with Crippen molar-refractivity contribution in [3.8, 4) is 0 Å². The highest BCUT2D eigenvalue weighted by atomic mass is 16.4. The van der Waals surface area contributed by atoms with Crippen molar-refractivity contribution in [3.63, 3.8) is 0 Å². The van der Waals surface area contributed by atoms with E-state index in [0.29, 0.717) is 6.04 Å². The van der Waals surface area contributed by atoms with Gasteiger partial charge in [-0.05, 0) is 38.8 Å². The molecule has 2 heterocycles. The van der Waals surface area contributed by atoms with Crippen LogP contribution in [0.25, 0.3) is 0 Å². The molecule has 0 aliphatic carbocycles. The molecule has 0 fully saturated rings. The lowest BCUT2D eigenvalue weighted by atomic mass is 10.1. The Hall–Kier alpha value is -1.77. The zero-order chi connectivity index (χ0) is 12.7. The molecule has 0 N–H and O–H groups in total. The molecule has 0 unspecified atom stereocenters. The van der Waals surface area contributed by atoms with Crippen LogP contribution in [-0.2, 0) is 13.0 Å². The number of para-hydroxylation sites is 1. The molecule has 0 saturated heterocycles. The van der Waals surface area contributed by atoms with Gasteiger partial charge < -0.3 is 9.32 Å². The molecule has 2 aromatic rings. The van der Waals surface area contributed by atoms with E-state index in [1.54, 1.807) is 0 Å². The predicted octanol–water partition coefficient (Wildman–Crippen LogP) is 3.24. The SMILES string of the molecule is Cc1nc(CN2c3ccccc3C[C@@H]2C)oc1C. The molecule has 0 spiro atoms. The van der Waals surface area contributed by atoms with E-state index >= 15 is 0 Å². The number of hydrogen-bond acceptors (Lipinski definition) is 3. The Labute approximate surface area is 107 Å². The highest BCUT2D eigenvalue weighted by Gasteiger charge is 2.26. The molecule has 3 nitrogen and oxygen atoms in total. The van der Waals surface area contributed by atoms with Gasteiger partial charge in [0.1, 0.15) is 5.76 Å².